The van der Waals surface area contributed by atoms with Gasteiger partial charge in [-0.25, -0.2) is 0 Å². The number of aromatic nitrogens is 1. The van der Waals surface area contributed by atoms with Crippen molar-refractivity contribution in [1.29, 1.82) is 0 Å². The summed E-state index contributed by atoms with van der Waals surface area (Å²) in [5.41, 5.74) is 9.43. The van der Waals surface area contributed by atoms with Crippen molar-refractivity contribution >= 4 is 81.1 Å². The number of anilines is 3. The van der Waals surface area contributed by atoms with Gasteiger partial charge in [-0.1, -0.05) is 115 Å². The summed E-state index contributed by atoms with van der Waals surface area (Å²) in [4.78, 5) is 2.41. The smallest absolute Gasteiger partial charge is 0.0640 e. The molecule has 2 heterocycles. The van der Waals surface area contributed by atoms with E-state index in [-0.39, 0.29) is 0 Å². The van der Waals surface area contributed by atoms with Crippen LogP contribution in [0.15, 0.2) is 182 Å². The molecule has 0 atom stereocenters. The van der Waals surface area contributed by atoms with Crippen molar-refractivity contribution in [2.75, 3.05) is 4.90 Å². The number of benzene rings is 8. The highest BCUT2D eigenvalue weighted by atomic mass is 32.1. The van der Waals surface area contributed by atoms with Crippen LogP contribution in [0.3, 0.4) is 0 Å². The first-order valence-electron chi connectivity index (χ1n) is 16.7. The molecule has 3 heteroatoms. The maximum Gasteiger partial charge on any atom is 0.0640 e. The molecule has 10 aromatic rings. The zero-order valence-electron chi connectivity index (χ0n) is 26.6. The largest absolute Gasteiger partial charge is 0.309 e. The average Bonchev–Trinajstić information content (AvgIpc) is 3.71. The molecule has 2 nitrogen and oxygen atoms in total. The quantitative estimate of drug-likeness (QED) is 0.181. The lowest BCUT2D eigenvalue weighted by Gasteiger charge is -2.26. The summed E-state index contributed by atoms with van der Waals surface area (Å²) in [6.07, 6.45) is 0. The molecule has 0 radical (unpaired) electrons. The van der Waals surface area contributed by atoms with Crippen LogP contribution in [0.5, 0.6) is 0 Å². The molecule has 2 aromatic heterocycles. The Labute approximate surface area is 288 Å². The molecule has 0 aliphatic rings. The van der Waals surface area contributed by atoms with Crippen molar-refractivity contribution in [2.45, 2.75) is 0 Å². The van der Waals surface area contributed by atoms with E-state index in [1.807, 2.05) is 11.3 Å². The first-order chi connectivity index (χ1) is 24.3. The Morgan fingerprint density at radius 1 is 0.408 bits per heavy atom. The Balaban J connectivity index is 1.15. The molecule has 0 bridgehead atoms. The van der Waals surface area contributed by atoms with Crippen molar-refractivity contribution in [3.63, 3.8) is 0 Å². The zero-order chi connectivity index (χ0) is 32.3. The average molecular weight is 643 g/mol. The molecule has 49 heavy (non-hydrogen) atoms. The fraction of sp³-hybridized carbons (Fsp3) is 0. The second kappa shape index (κ2) is 11.2. The Morgan fingerprint density at radius 2 is 1.02 bits per heavy atom. The first-order valence-corrected chi connectivity index (χ1v) is 17.5. The number of para-hydroxylation sites is 1. The summed E-state index contributed by atoms with van der Waals surface area (Å²) >= 11 is 1.87. The van der Waals surface area contributed by atoms with E-state index in [1.54, 1.807) is 0 Å². The third-order valence-electron chi connectivity index (χ3n) is 9.76. The fourth-order valence-electron chi connectivity index (χ4n) is 7.45. The van der Waals surface area contributed by atoms with Crippen LogP contribution < -0.4 is 4.90 Å². The SMILES string of the molecule is c1ccc(-c2ccc(N(c3ccc(-n4c5ccccc5c5cc6ccccc6cc54)cc3)c3cccc4c3sc3ccccc34)cc2)cc1. The van der Waals surface area contributed by atoms with E-state index in [0.717, 1.165) is 17.1 Å². The topological polar surface area (TPSA) is 8.17 Å². The number of hydrogen-bond acceptors (Lipinski definition) is 2. The molecule has 8 aromatic carbocycles. The molecule has 0 spiro atoms. The molecule has 0 N–H and O–H groups in total. The van der Waals surface area contributed by atoms with Gasteiger partial charge in [-0.2, -0.15) is 0 Å². The van der Waals surface area contributed by atoms with Gasteiger partial charge in [0.05, 0.1) is 21.4 Å². The Bertz CT molecular complexity index is 2810. The van der Waals surface area contributed by atoms with E-state index < -0.39 is 0 Å². The van der Waals surface area contributed by atoms with Crippen molar-refractivity contribution < 1.29 is 0 Å². The lowest BCUT2D eigenvalue weighted by Crippen LogP contribution is -2.10. The summed E-state index contributed by atoms with van der Waals surface area (Å²) in [6.45, 7) is 0. The minimum Gasteiger partial charge on any atom is -0.309 e. The van der Waals surface area contributed by atoms with Crippen LogP contribution in [0, 0.1) is 0 Å². The van der Waals surface area contributed by atoms with Gasteiger partial charge in [0.25, 0.3) is 0 Å². The summed E-state index contributed by atoms with van der Waals surface area (Å²) in [5.74, 6) is 0. The molecule has 0 saturated heterocycles. The number of rotatable bonds is 5. The number of thiophene rings is 1. The van der Waals surface area contributed by atoms with Gasteiger partial charge in [0.2, 0.25) is 0 Å². The van der Waals surface area contributed by atoms with Crippen LogP contribution in [-0.4, -0.2) is 4.57 Å². The molecule has 0 aliphatic heterocycles. The third kappa shape index (κ3) is 4.55. The van der Waals surface area contributed by atoms with Crippen molar-refractivity contribution in [2.24, 2.45) is 0 Å². The number of fused-ring (bicyclic) bond motifs is 7. The van der Waals surface area contributed by atoms with Crippen molar-refractivity contribution in [3.8, 4) is 16.8 Å². The van der Waals surface area contributed by atoms with Gasteiger partial charge < -0.3 is 9.47 Å². The second-order valence-electron chi connectivity index (χ2n) is 12.6. The summed E-state index contributed by atoms with van der Waals surface area (Å²) < 4.78 is 5.00. The van der Waals surface area contributed by atoms with Gasteiger partial charge >= 0.3 is 0 Å². The summed E-state index contributed by atoms with van der Waals surface area (Å²) in [7, 11) is 0. The second-order valence-corrected chi connectivity index (χ2v) is 13.6. The highest BCUT2D eigenvalue weighted by Gasteiger charge is 2.19. The van der Waals surface area contributed by atoms with Crippen LogP contribution >= 0.6 is 11.3 Å². The molecule has 0 aliphatic carbocycles. The van der Waals surface area contributed by atoms with Crippen LogP contribution in [0.25, 0.3) is 69.6 Å². The number of hydrogen-bond donors (Lipinski definition) is 0. The minimum absolute atomic E-state index is 1.12. The molecule has 230 valence electrons. The van der Waals surface area contributed by atoms with E-state index in [0.29, 0.717) is 0 Å². The summed E-state index contributed by atoms with van der Waals surface area (Å²) in [6, 6.07) is 66.2. The zero-order valence-corrected chi connectivity index (χ0v) is 27.4. The molecule has 10 rings (SSSR count). The predicted molar refractivity (Wildman–Crippen MR) is 211 cm³/mol. The molecule has 0 unspecified atom stereocenters. The summed E-state index contributed by atoms with van der Waals surface area (Å²) in [5, 5.41) is 7.64. The predicted octanol–water partition coefficient (Wildman–Crippen LogP) is 13.4. The van der Waals surface area contributed by atoms with E-state index in [1.165, 1.54) is 69.6 Å². The Kier molecular flexibility index (Phi) is 6.39. The lowest BCUT2D eigenvalue weighted by atomic mass is 10.0. The Morgan fingerprint density at radius 3 is 1.82 bits per heavy atom. The van der Waals surface area contributed by atoms with E-state index in [4.69, 9.17) is 0 Å². The Hall–Kier alpha value is -6.16. The first kappa shape index (κ1) is 27.9. The maximum absolute atomic E-state index is 2.41. The molecule has 0 saturated carbocycles. The van der Waals surface area contributed by atoms with E-state index in [2.05, 4.69) is 191 Å². The van der Waals surface area contributed by atoms with Crippen molar-refractivity contribution in [1.82, 2.24) is 4.57 Å². The van der Waals surface area contributed by atoms with Crippen LogP contribution in [0.4, 0.5) is 17.1 Å². The van der Waals surface area contributed by atoms with Crippen LogP contribution in [-0.2, 0) is 0 Å². The molecular weight excluding hydrogens is 613 g/mol. The van der Waals surface area contributed by atoms with Crippen LogP contribution in [0.2, 0.25) is 0 Å². The normalized spacial score (nSPS) is 11.7. The standard InChI is InChI=1S/C46H30N2S/c1-2-11-31(12-3-1)32-21-23-35(24-22-32)47(43-19-10-17-40-39-16-7-9-20-45(39)49-46(40)43)36-25-27-37(28-26-36)48-42-18-8-6-15-38(42)41-29-33-13-4-5-14-34(33)30-44(41)48/h1-30H. The van der Waals surface area contributed by atoms with Gasteiger partial charge in [-0.3, -0.25) is 0 Å². The van der Waals surface area contributed by atoms with Gasteiger partial charge in [-0.05, 0) is 88.6 Å². The lowest BCUT2D eigenvalue weighted by molar-refractivity contribution is 1.18. The molecule has 0 amide bonds. The highest BCUT2D eigenvalue weighted by Crippen LogP contribution is 2.45. The number of nitrogens with zero attached hydrogens (tertiary/aromatic N) is 2. The van der Waals surface area contributed by atoms with Gasteiger partial charge in [0.1, 0.15) is 0 Å². The van der Waals surface area contributed by atoms with Gasteiger partial charge in [0.15, 0.2) is 0 Å². The third-order valence-corrected chi connectivity index (χ3v) is 11.0. The van der Waals surface area contributed by atoms with E-state index in [9.17, 15) is 0 Å². The maximum atomic E-state index is 2.41. The highest BCUT2D eigenvalue weighted by molar-refractivity contribution is 7.26. The van der Waals surface area contributed by atoms with Crippen molar-refractivity contribution in [3.05, 3.63) is 182 Å². The van der Waals surface area contributed by atoms with Gasteiger partial charge in [-0.15, -0.1) is 11.3 Å². The fourth-order valence-corrected chi connectivity index (χ4v) is 8.66. The minimum atomic E-state index is 1.12. The van der Waals surface area contributed by atoms with Gasteiger partial charge in [0, 0.05) is 43.3 Å². The van der Waals surface area contributed by atoms with E-state index >= 15 is 0 Å². The van der Waals surface area contributed by atoms with Crippen LogP contribution in [0.1, 0.15) is 0 Å². The monoisotopic (exact) mass is 642 g/mol. The molecular formula is C46H30N2S. The molecule has 0 fully saturated rings.